The first kappa shape index (κ1) is 19.2. The lowest BCUT2D eigenvalue weighted by atomic mass is 10.0. The highest BCUT2D eigenvalue weighted by Gasteiger charge is 2.32. The number of aliphatic imine (C=N–C) groups is 2. The van der Waals surface area contributed by atoms with Gasteiger partial charge in [0, 0.05) is 5.02 Å². The van der Waals surface area contributed by atoms with E-state index in [4.69, 9.17) is 27.9 Å². The fourth-order valence-corrected chi connectivity index (χ4v) is 3.22. The Morgan fingerprint density at radius 2 is 1.81 bits per heavy atom. The van der Waals surface area contributed by atoms with Crippen LogP contribution in [0, 0.1) is 0 Å². The number of hydroxylamine groups is 2. The first-order valence-electron chi connectivity index (χ1n) is 8.83. The van der Waals surface area contributed by atoms with Crippen LogP contribution in [0.15, 0.2) is 58.5 Å². The van der Waals surface area contributed by atoms with Gasteiger partial charge in [-0.15, -0.1) is 0 Å². The molecule has 0 atom stereocenters. The standard InChI is InChI=1S/C20H24ClN5O/c1-20(2)25-18(22)24-19(23)26(20)27-12-6-9-16-13-15(10-11-17(16)21)14-7-4-3-5-8-14/h3-5,7-8,10-11,13H,6,9,12H2,1-2H3,(H4,22,23,24,25). The van der Waals surface area contributed by atoms with E-state index in [-0.39, 0.29) is 11.9 Å². The summed E-state index contributed by atoms with van der Waals surface area (Å²) < 4.78 is 0. The van der Waals surface area contributed by atoms with Crippen LogP contribution in [0.5, 0.6) is 0 Å². The molecule has 27 heavy (non-hydrogen) atoms. The van der Waals surface area contributed by atoms with Crippen molar-refractivity contribution >= 4 is 23.5 Å². The van der Waals surface area contributed by atoms with Crippen LogP contribution in [0.1, 0.15) is 25.8 Å². The zero-order valence-electron chi connectivity index (χ0n) is 15.5. The second kappa shape index (κ2) is 7.98. The number of guanidine groups is 2. The summed E-state index contributed by atoms with van der Waals surface area (Å²) in [5.41, 5.74) is 14.3. The van der Waals surface area contributed by atoms with Crippen molar-refractivity contribution < 1.29 is 4.84 Å². The largest absolute Gasteiger partial charge is 0.368 e. The topological polar surface area (TPSA) is 89.2 Å². The maximum Gasteiger partial charge on any atom is 0.226 e. The molecular weight excluding hydrogens is 362 g/mol. The van der Waals surface area contributed by atoms with E-state index in [1.165, 1.54) is 10.6 Å². The van der Waals surface area contributed by atoms with Crippen LogP contribution in [0.2, 0.25) is 5.02 Å². The van der Waals surface area contributed by atoms with E-state index >= 15 is 0 Å². The van der Waals surface area contributed by atoms with Crippen molar-refractivity contribution in [3.05, 3.63) is 59.1 Å². The molecule has 1 aliphatic heterocycles. The molecule has 2 aromatic rings. The van der Waals surface area contributed by atoms with Gasteiger partial charge in [0.25, 0.3) is 0 Å². The van der Waals surface area contributed by atoms with Crippen molar-refractivity contribution in [3.63, 3.8) is 0 Å². The van der Waals surface area contributed by atoms with Gasteiger partial charge < -0.3 is 11.5 Å². The number of nitrogens with zero attached hydrogens (tertiary/aromatic N) is 3. The molecule has 3 rings (SSSR count). The highest BCUT2D eigenvalue weighted by atomic mass is 35.5. The normalized spacial score (nSPS) is 16.0. The van der Waals surface area contributed by atoms with Crippen LogP contribution in [0.3, 0.4) is 0 Å². The smallest absolute Gasteiger partial charge is 0.226 e. The van der Waals surface area contributed by atoms with Crippen LogP contribution in [-0.2, 0) is 11.3 Å². The van der Waals surface area contributed by atoms with Gasteiger partial charge in [-0.1, -0.05) is 48.0 Å². The third-order valence-corrected chi connectivity index (χ3v) is 4.65. The third kappa shape index (κ3) is 4.59. The number of hydrogen-bond donors (Lipinski definition) is 2. The Morgan fingerprint density at radius 3 is 2.52 bits per heavy atom. The van der Waals surface area contributed by atoms with E-state index in [1.807, 2.05) is 44.2 Å². The molecule has 0 unspecified atom stereocenters. The van der Waals surface area contributed by atoms with Gasteiger partial charge in [0.05, 0.1) is 6.61 Å². The van der Waals surface area contributed by atoms with Crippen LogP contribution < -0.4 is 11.5 Å². The molecule has 0 bridgehead atoms. The predicted molar refractivity (Wildman–Crippen MR) is 110 cm³/mol. The van der Waals surface area contributed by atoms with Crippen molar-refractivity contribution in [1.82, 2.24) is 5.06 Å². The van der Waals surface area contributed by atoms with Gasteiger partial charge >= 0.3 is 0 Å². The monoisotopic (exact) mass is 385 g/mol. The molecule has 2 aromatic carbocycles. The lowest BCUT2D eigenvalue weighted by Gasteiger charge is -2.36. The van der Waals surface area contributed by atoms with Crippen molar-refractivity contribution in [2.75, 3.05) is 6.61 Å². The minimum atomic E-state index is -0.694. The van der Waals surface area contributed by atoms with Crippen LogP contribution in [0.4, 0.5) is 0 Å². The number of halogens is 1. The fraction of sp³-hybridized carbons (Fsp3) is 0.300. The second-order valence-electron chi connectivity index (χ2n) is 6.84. The molecule has 0 saturated heterocycles. The molecule has 0 saturated carbocycles. The van der Waals surface area contributed by atoms with Crippen molar-refractivity contribution in [3.8, 4) is 11.1 Å². The number of nitrogens with two attached hydrogens (primary N) is 2. The molecule has 6 nitrogen and oxygen atoms in total. The molecule has 1 aliphatic rings. The molecule has 0 aromatic heterocycles. The average molecular weight is 386 g/mol. The summed E-state index contributed by atoms with van der Waals surface area (Å²) in [5, 5.41) is 2.25. The van der Waals surface area contributed by atoms with Crippen molar-refractivity contribution in [2.24, 2.45) is 21.5 Å². The minimum Gasteiger partial charge on any atom is -0.368 e. The van der Waals surface area contributed by atoms with Crippen LogP contribution in [0.25, 0.3) is 11.1 Å². The quantitative estimate of drug-likeness (QED) is 0.744. The lowest BCUT2D eigenvalue weighted by molar-refractivity contribution is -0.157. The summed E-state index contributed by atoms with van der Waals surface area (Å²) in [6.45, 7) is 4.18. The molecule has 0 radical (unpaired) electrons. The summed E-state index contributed by atoms with van der Waals surface area (Å²) >= 11 is 6.37. The number of hydrogen-bond acceptors (Lipinski definition) is 6. The molecular formula is C20H24ClN5O. The highest BCUT2D eigenvalue weighted by Crippen LogP contribution is 2.26. The van der Waals surface area contributed by atoms with E-state index in [0.717, 1.165) is 29.0 Å². The number of aryl methyl sites for hydroxylation is 1. The minimum absolute atomic E-state index is 0.154. The van der Waals surface area contributed by atoms with Gasteiger partial charge in [-0.2, -0.15) is 10.1 Å². The van der Waals surface area contributed by atoms with E-state index in [0.29, 0.717) is 6.61 Å². The summed E-state index contributed by atoms with van der Waals surface area (Å²) in [5.74, 6) is 0.360. The molecule has 142 valence electrons. The van der Waals surface area contributed by atoms with E-state index in [1.54, 1.807) is 0 Å². The molecule has 1 heterocycles. The number of rotatable bonds is 6. The van der Waals surface area contributed by atoms with E-state index in [9.17, 15) is 0 Å². The van der Waals surface area contributed by atoms with Gasteiger partial charge in [0.2, 0.25) is 11.9 Å². The Kier molecular flexibility index (Phi) is 5.68. The average Bonchev–Trinajstić information content (AvgIpc) is 2.61. The van der Waals surface area contributed by atoms with Crippen LogP contribution >= 0.6 is 11.6 Å². The second-order valence-corrected chi connectivity index (χ2v) is 7.25. The summed E-state index contributed by atoms with van der Waals surface area (Å²) in [6.07, 6.45) is 1.56. The SMILES string of the molecule is CC1(C)N=C(N)N=C(N)N1OCCCc1cc(-c2ccccc2)ccc1Cl. The highest BCUT2D eigenvalue weighted by molar-refractivity contribution is 6.31. The maximum atomic E-state index is 6.37. The zero-order valence-corrected chi connectivity index (χ0v) is 16.3. The Hall–Kier alpha value is -2.57. The molecule has 0 amide bonds. The molecule has 0 spiro atoms. The Balaban J connectivity index is 1.60. The number of benzene rings is 2. The van der Waals surface area contributed by atoms with Crippen LogP contribution in [-0.4, -0.2) is 29.3 Å². The Labute approximate surface area is 164 Å². The summed E-state index contributed by atoms with van der Waals surface area (Å²) in [4.78, 5) is 14.0. The van der Waals surface area contributed by atoms with Gasteiger partial charge in [-0.25, -0.2) is 4.99 Å². The summed E-state index contributed by atoms with van der Waals surface area (Å²) in [7, 11) is 0. The first-order valence-corrected chi connectivity index (χ1v) is 9.21. The van der Waals surface area contributed by atoms with E-state index < -0.39 is 5.66 Å². The van der Waals surface area contributed by atoms with Gasteiger partial charge in [-0.05, 0) is 55.5 Å². The fourth-order valence-electron chi connectivity index (χ4n) is 3.01. The van der Waals surface area contributed by atoms with Crippen molar-refractivity contribution in [2.45, 2.75) is 32.4 Å². The zero-order chi connectivity index (χ0) is 19.4. The predicted octanol–water partition coefficient (Wildman–Crippen LogP) is 3.55. The Morgan fingerprint density at radius 1 is 1.07 bits per heavy atom. The van der Waals surface area contributed by atoms with Gasteiger partial charge in [0.15, 0.2) is 5.66 Å². The Bertz CT molecular complexity index is 864. The molecule has 7 heteroatoms. The van der Waals surface area contributed by atoms with Crippen molar-refractivity contribution in [1.29, 1.82) is 0 Å². The summed E-state index contributed by atoms with van der Waals surface area (Å²) in [6, 6.07) is 16.3. The molecule has 0 fully saturated rings. The first-order chi connectivity index (χ1) is 12.9. The molecule has 4 N–H and O–H groups in total. The molecule has 0 aliphatic carbocycles. The van der Waals surface area contributed by atoms with Gasteiger partial charge in [0.1, 0.15) is 0 Å². The third-order valence-electron chi connectivity index (χ3n) is 4.29. The maximum absolute atomic E-state index is 6.37. The lowest BCUT2D eigenvalue weighted by Crippen LogP contribution is -2.53. The van der Waals surface area contributed by atoms with Gasteiger partial charge in [-0.3, -0.25) is 4.84 Å². The van der Waals surface area contributed by atoms with E-state index in [2.05, 4.69) is 28.2 Å².